The van der Waals surface area contributed by atoms with Crippen LogP contribution in [0.2, 0.25) is 0 Å². The number of carbonyl (C=O) groups is 1. The number of hydrogen-bond acceptors (Lipinski definition) is 1. The average molecular weight is 194 g/mol. The van der Waals surface area contributed by atoms with E-state index in [1.165, 1.54) is 0 Å². The summed E-state index contributed by atoms with van der Waals surface area (Å²) >= 11 is 0. The molecule has 1 N–H and O–H groups in total. The molecule has 78 valence electrons. The SMILES string of the molecule is C/C=C/C(C)(C(=O)O)C1C=CCCC1. The fraction of sp³-hybridized carbons (Fsp3) is 0.583. The summed E-state index contributed by atoms with van der Waals surface area (Å²) in [4.78, 5) is 11.2. The van der Waals surface area contributed by atoms with E-state index in [4.69, 9.17) is 0 Å². The van der Waals surface area contributed by atoms with Crippen LogP contribution in [0.15, 0.2) is 24.3 Å². The molecule has 0 saturated carbocycles. The number of carboxylic acids is 1. The number of allylic oxidation sites excluding steroid dienone is 3. The maximum Gasteiger partial charge on any atom is 0.313 e. The molecule has 14 heavy (non-hydrogen) atoms. The maximum atomic E-state index is 11.2. The van der Waals surface area contributed by atoms with E-state index in [0.717, 1.165) is 19.3 Å². The summed E-state index contributed by atoms with van der Waals surface area (Å²) in [5, 5.41) is 9.23. The molecule has 2 heteroatoms. The Hall–Kier alpha value is -1.05. The van der Waals surface area contributed by atoms with Crippen molar-refractivity contribution in [3.63, 3.8) is 0 Å². The average Bonchev–Trinajstić information content (AvgIpc) is 2.19. The first-order valence-corrected chi connectivity index (χ1v) is 5.15. The molecular formula is C12H18O2. The zero-order valence-corrected chi connectivity index (χ0v) is 8.86. The standard InChI is InChI=1S/C12H18O2/c1-3-9-12(2,11(13)14)10-7-5-4-6-8-10/h3,5,7,9-10H,4,6,8H2,1-2H3,(H,13,14)/b9-3+. The third-order valence-corrected chi connectivity index (χ3v) is 3.00. The van der Waals surface area contributed by atoms with Crippen LogP contribution in [0, 0.1) is 11.3 Å². The first-order chi connectivity index (χ1) is 6.61. The van der Waals surface area contributed by atoms with Gasteiger partial charge in [-0.15, -0.1) is 0 Å². The molecule has 0 bridgehead atoms. The van der Waals surface area contributed by atoms with Gasteiger partial charge in [0, 0.05) is 0 Å². The summed E-state index contributed by atoms with van der Waals surface area (Å²) in [6.45, 7) is 3.67. The van der Waals surface area contributed by atoms with Crippen LogP contribution >= 0.6 is 0 Å². The summed E-state index contributed by atoms with van der Waals surface area (Å²) in [7, 11) is 0. The van der Waals surface area contributed by atoms with Crippen molar-refractivity contribution in [3.05, 3.63) is 24.3 Å². The summed E-state index contributed by atoms with van der Waals surface area (Å²) in [6, 6.07) is 0. The van der Waals surface area contributed by atoms with Crippen molar-refractivity contribution < 1.29 is 9.90 Å². The van der Waals surface area contributed by atoms with Gasteiger partial charge in [0.25, 0.3) is 0 Å². The Morgan fingerprint density at radius 1 is 1.64 bits per heavy atom. The van der Waals surface area contributed by atoms with Crippen LogP contribution in [-0.2, 0) is 4.79 Å². The smallest absolute Gasteiger partial charge is 0.313 e. The van der Waals surface area contributed by atoms with Crippen molar-refractivity contribution >= 4 is 5.97 Å². The molecule has 0 heterocycles. The largest absolute Gasteiger partial charge is 0.481 e. The predicted molar refractivity (Wildman–Crippen MR) is 57.0 cm³/mol. The van der Waals surface area contributed by atoms with Crippen LogP contribution in [0.1, 0.15) is 33.1 Å². The number of aliphatic carboxylic acids is 1. The third kappa shape index (κ3) is 2.06. The lowest BCUT2D eigenvalue weighted by atomic mass is 9.72. The van der Waals surface area contributed by atoms with Gasteiger partial charge in [-0.05, 0) is 39.0 Å². The van der Waals surface area contributed by atoms with Crippen LogP contribution in [0.5, 0.6) is 0 Å². The van der Waals surface area contributed by atoms with Crippen LogP contribution < -0.4 is 0 Å². The molecule has 2 unspecified atom stereocenters. The first kappa shape index (κ1) is 11.0. The lowest BCUT2D eigenvalue weighted by Crippen LogP contribution is -2.33. The highest BCUT2D eigenvalue weighted by Crippen LogP contribution is 2.36. The molecule has 0 aromatic rings. The van der Waals surface area contributed by atoms with Gasteiger partial charge in [0.2, 0.25) is 0 Å². The van der Waals surface area contributed by atoms with E-state index in [2.05, 4.69) is 12.2 Å². The monoisotopic (exact) mass is 194 g/mol. The maximum absolute atomic E-state index is 11.2. The fourth-order valence-corrected chi connectivity index (χ4v) is 2.01. The molecule has 0 amide bonds. The van der Waals surface area contributed by atoms with Gasteiger partial charge in [-0.25, -0.2) is 0 Å². The lowest BCUT2D eigenvalue weighted by molar-refractivity contribution is -0.147. The summed E-state index contributed by atoms with van der Waals surface area (Å²) in [5.41, 5.74) is -0.730. The predicted octanol–water partition coefficient (Wildman–Crippen LogP) is 3.01. The van der Waals surface area contributed by atoms with Crippen molar-refractivity contribution in [1.82, 2.24) is 0 Å². The second-order valence-corrected chi connectivity index (χ2v) is 4.05. The van der Waals surface area contributed by atoms with Gasteiger partial charge in [0.05, 0.1) is 5.41 Å². The minimum absolute atomic E-state index is 0.143. The molecule has 0 radical (unpaired) electrons. The fourth-order valence-electron chi connectivity index (χ4n) is 2.01. The van der Waals surface area contributed by atoms with E-state index in [1.807, 2.05) is 13.0 Å². The topological polar surface area (TPSA) is 37.3 Å². The van der Waals surface area contributed by atoms with Crippen LogP contribution in [-0.4, -0.2) is 11.1 Å². The van der Waals surface area contributed by atoms with E-state index < -0.39 is 11.4 Å². The molecule has 0 fully saturated rings. The molecule has 0 aromatic heterocycles. The zero-order valence-electron chi connectivity index (χ0n) is 8.86. The molecular weight excluding hydrogens is 176 g/mol. The molecule has 1 rings (SSSR count). The van der Waals surface area contributed by atoms with Crippen LogP contribution in [0.4, 0.5) is 0 Å². The molecule has 1 aliphatic rings. The van der Waals surface area contributed by atoms with E-state index in [-0.39, 0.29) is 5.92 Å². The molecule has 0 spiro atoms. The highest BCUT2D eigenvalue weighted by Gasteiger charge is 2.37. The van der Waals surface area contributed by atoms with Crippen LogP contribution in [0.25, 0.3) is 0 Å². The minimum atomic E-state index is -0.730. The Bertz CT molecular complexity index is 265. The number of carboxylic acid groups (broad SMARTS) is 1. The van der Waals surface area contributed by atoms with Crippen molar-refractivity contribution in [2.45, 2.75) is 33.1 Å². The van der Waals surface area contributed by atoms with Gasteiger partial charge in [0.15, 0.2) is 0 Å². The second-order valence-electron chi connectivity index (χ2n) is 4.05. The Morgan fingerprint density at radius 2 is 2.36 bits per heavy atom. The minimum Gasteiger partial charge on any atom is -0.481 e. The molecule has 0 aromatic carbocycles. The van der Waals surface area contributed by atoms with Gasteiger partial charge in [-0.3, -0.25) is 4.79 Å². The third-order valence-electron chi connectivity index (χ3n) is 3.00. The van der Waals surface area contributed by atoms with Crippen molar-refractivity contribution in [3.8, 4) is 0 Å². The molecule has 0 aliphatic heterocycles. The Labute approximate surface area is 85.3 Å². The van der Waals surface area contributed by atoms with E-state index in [9.17, 15) is 9.90 Å². The summed E-state index contributed by atoms with van der Waals surface area (Å²) < 4.78 is 0. The highest BCUT2D eigenvalue weighted by molar-refractivity contribution is 5.77. The van der Waals surface area contributed by atoms with Gasteiger partial charge >= 0.3 is 5.97 Å². The van der Waals surface area contributed by atoms with E-state index >= 15 is 0 Å². The number of hydrogen-bond donors (Lipinski definition) is 1. The number of rotatable bonds is 3. The molecule has 2 atom stereocenters. The van der Waals surface area contributed by atoms with Gasteiger partial charge < -0.3 is 5.11 Å². The molecule has 2 nitrogen and oxygen atoms in total. The first-order valence-electron chi connectivity index (χ1n) is 5.15. The van der Waals surface area contributed by atoms with E-state index in [0.29, 0.717) is 0 Å². The van der Waals surface area contributed by atoms with Crippen LogP contribution in [0.3, 0.4) is 0 Å². The quantitative estimate of drug-likeness (QED) is 0.701. The van der Waals surface area contributed by atoms with Gasteiger partial charge in [-0.2, -0.15) is 0 Å². The normalized spacial score (nSPS) is 26.3. The Balaban J connectivity index is 2.91. The van der Waals surface area contributed by atoms with E-state index in [1.54, 1.807) is 13.0 Å². The van der Waals surface area contributed by atoms with Gasteiger partial charge in [0.1, 0.15) is 0 Å². The van der Waals surface area contributed by atoms with Crippen molar-refractivity contribution in [2.75, 3.05) is 0 Å². The highest BCUT2D eigenvalue weighted by atomic mass is 16.4. The molecule has 1 aliphatic carbocycles. The van der Waals surface area contributed by atoms with Crippen molar-refractivity contribution in [2.24, 2.45) is 11.3 Å². The van der Waals surface area contributed by atoms with Crippen molar-refractivity contribution in [1.29, 1.82) is 0 Å². The lowest BCUT2D eigenvalue weighted by Gasteiger charge is -2.30. The second kappa shape index (κ2) is 4.45. The van der Waals surface area contributed by atoms with Gasteiger partial charge in [-0.1, -0.05) is 24.3 Å². The Kier molecular flexibility index (Phi) is 3.50. The summed E-state index contributed by atoms with van der Waals surface area (Å²) in [6.07, 6.45) is 10.9. The summed E-state index contributed by atoms with van der Waals surface area (Å²) in [5.74, 6) is -0.586. The molecule has 0 saturated heterocycles. The Morgan fingerprint density at radius 3 is 2.79 bits per heavy atom. The zero-order chi connectivity index (χ0) is 10.6.